The lowest BCUT2D eigenvalue weighted by Crippen LogP contribution is -2.00. The first-order chi connectivity index (χ1) is 28.3. The van der Waals surface area contributed by atoms with Gasteiger partial charge in [0.2, 0.25) is 0 Å². The largest absolute Gasteiger partial charge is 0.309 e. The third kappa shape index (κ3) is 5.08. The van der Waals surface area contributed by atoms with Crippen molar-refractivity contribution in [3.63, 3.8) is 0 Å². The molecule has 6 heteroatoms. The van der Waals surface area contributed by atoms with E-state index in [4.69, 9.17) is 15.0 Å². The van der Waals surface area contributed by atoms with Crippen LogP contribution < -0.4 is 0 Å². The zero-order chi connectivity index (χ0) is 37.5. The highest BCUT2D eigenvalue weighted by molar-refractivity contribution is 7.30. The van der Waals surface area contributed by atoms with E-state index in [9.17, 15) is 0 Å². The van der Waals surface area contributed by atoms with Crippen LogP contribution in [0.2, 0.25) is 0 Å². The fourth-order valence-electron chi connectivity index (χ4n) is 8.49. The van der Waals surface area contributed by atoms with Gasteiger partial charge in [0.1, 0.15) is 0 Å². The van der Waals surface area contributed by atoms with Crippen LogP contribution in [-0.2, 0) is 0 Å². The molecule has 0 radical (unpaired) electrons. The van der Waals surface area contributed by atoms with E-state index in [1.165, 1.54) is 62.2 Å². The van der Waals surface area contributed by atoms with Crippen molar-refractivity contribution in [3.8, 4) is 51.0 Å². The summed E-state index contributed by atoms with van der Waals surface area (Å²) in [4.78, 5) is 15.6. The monoisotopic (exact) mass is 762 g/mol. The summed E-state index contributed by atoms with van der Waals surface area (Å²) in [5.41, 5.74) is 8.64. The van der Waals surface area contributed by atoms with Crippen molar-refractivity contribution in [1.82, 2.24) is 19.5 Å². The van der Waals surface area contributed by atoms with Crippen molar-refractivity contribution in [1.29, 1.82) is 0 Å². The van der Waals surface area contributed by atoms with E-state index in [0.717, 1.165) is 33.5 Å². The number of rotatable bonds is 5. The average Bonchev–Trinajstić information content (AvgIpc) is 3.96. The van der Waals surface area contributed by atoms with Crippen molar-refractivity contribution in [2.24, 2.45) is 0 Å². The van der Waals surface area contributed by atoms with Crippen LogP contribution in [-0.4, -0.2) is 19.5 Å². The van der Waals surface area contributed by atoms with Crippen molar-refractivity contribution in [2.75, 3.05) is 0 Å². The number of nitrogens with zero attached hydrogens (tertiary/aromatic N) is 4. The Bertz CT molecular complexity index is 3450. The molecule has 0 saturated carbocycles. The molecule has 0 spiro atoms. The number of benzene rings is 8. The normalized spacial score (nSPS) is 11.9. The number of aromatic nitrogens is 4. The minimum absolute atomic E-state index is 0.650. The second-order valence-electron chi connectivity index (χ2n) is 14.3. The van der Waals surface area contributed by atoms with E-state index < -0.39 is 0 Å². The SMILES string of the molecule is c1ccc(-c2nc(-c3ccccc3)nc(-c3cc(-c4cccc5c6ccccc6n(-c6ccccc6)c45)cc4c3sc3ccc5c6ccccc6sc5c34)n2)cc1. The van der Waals surface area contributed by atoms with Gasteiger partial charge in [-0.2, -0.15) is 0 Å². The van der Waals surface area contributed by atoms with Crippen LogP contribution in [0.1, 0.15) is 0 Å². The molecule has 0 aliphatic carbocycles. The van der Waals surface area contributed by atoms with Gasteiger partial charge < -0.3 is 4.57 Å². The predicted octanol–water partition coefficient (Wildman–Crippen LogP) is 14.4. The number of para-hydroxylation sites is 3. The van der Waals surface area contributed by atoms with Gasteiger partial charge in [0.05, 0.1) is 11.0 Å². The molecule has 0 bridgehead atoms. The van der Waals surface area contributed by atoms with E-state index in [1.807, 2.05) is 59.1 Å². The van der Waals surface area contributed by atoms with Crippen LogP contribution in [0.25, 0.3) is 113 Å². The van der Waals surface area contributed by atoms with Crippen molar-refractivity contribution in [2.45, 2.75) is 0 Å². The third-order valence-electron chi connectivity index (χ3n) is 11.0. The second kappa shape index (κ2) is 12.8. The highest BCUT2D eigenvalue weighted by Gasteiger charge is 2.23. The molecule has 0 aliphatic heterocycles. The number of hydrogen-bond donors (Lipinski definition) is 0. The minimum Gasteiger partial charge on any atom is -0.309 e. The maximum Gasteiger partial charge on any atom is 0.165 e. The molecule has 4 heterocycles. The minimum atomic E-state index is 0.650. The van der Waals surface area contributed by atoms with Crippen LogP contribution in [0.4, 0.5) is 0 Å². The summed E-state index contributed by atoms with van der Waals surface area (Å²) in [7, 11) is 0. The molecular weight excluding hydrogens is 733 g/mol. The fraction of sp³-hybridized carbons (Fsp3) is 0. The van der Waals surface area contributed by atoms with Crippen LogP contribution in [0, 0.1) is 0 Å². The molecule has 0 fully saturated rings. The van der Waals surface area contributed by atoms with Gasteiger partial charge in [0.25, 0.3) is 0 Å². The topological polar surface area (TPSA) is 43.6 Å². The highest BCUT2D eigenvalue weighted by atomic mass is 32.1. The zero-order valence-electron chi connectivity index (χ0n) is 30.4. The van der Waals surface area contributed by atoms with E-state index in [2.05, 4.69) is 150 Å². The van der Waals surface area contributed by atoms with E-state index >= 15 is 0 Å². The van der Waals surface area contributed by atoms with Crippen molar-refractivity contribution in [3.05, 3.63) is 182 Å². The Morgan fingerprint density at radius 1 is 0.368 bits per heavy atom. The molecule has 57 heavy (non-hydrogen) atoms. The van der Waals surface area contributed by atoms with Crippen LogP contribution >= 0.6 is 22.7 Å². The number of fused-ring (bicyclic) bond motifs is 10. The average molecular weight is 763 g/mol. The Balaban J connectivity index is 1.23. The fourth-order valence-corrected chi connectivity index (χ4v) is 11.0. The molecule has 0 saturated heterocycles. The zero-order valence-corrected chi connectivity index (χ0v) is 32.1. The first-order valence-corrected chi connectivity index (χ1v) is 20.7. The maximum absolute atomic E-state index is 5.30. The van der Waals surface area contributed by atoms with Gasteiger partial charge in [-0.1, -0.05) is 140 Å². The molecule has 12 rings (SSSR count). The van der Waals surface area contributed by atoms with E-state index in [0.29, 0.717) is 17.5 Å². The first-order valence-electron chi connectivity index (χ1n) is 19.0. The Morgan fingerprint density at radius 2 is 0.982 bits per heavy atom. The van der Waals surface area contributed by atoms with Gasteiger partial charge in [-0.05, 0) is 48.0 Å². The van der Waals surface area contributed by atoms with Gasteiger partial charge in [0.15, 0.2) is 17.5 Å². The lowest BCUT2D eigenvalue weighted by Gasteiger charge is -2.14. The molecular formula is C51H30N4S2. The predicted molar refractivity (Wildman–Crippen MR) is 242 cm³/mol. The highest BCUT2D eigenvalue weighted by Crippen LogP contribution is 2.49. The standard InChI is InChI=1S/C51H30N4S2/c1-4-15-31(16-5-1)49-52-50(32-17-6-2-7-18-32)54-51(53-49)41-30-33(29-40-45-44(57-47(40)41)28-27-39-37-22-11-13-26-43(37)56-48(39)45)35-23-14-24-38-36-21-10-12-25-42(36)55(46(35)38)34-19-8-3-9-20-34/h1-30H. The molecule has 0 atom stereocenters. The summed E-state index contributed by atoms with van der Waals surface area (Å²) in [5.74, 6) is 1.96. The quantitative estimate of drug-likeness (QED) is 0.175. The second-order valence-corrected chi connectivity index (χ2v) is 16.4. The van der Waals surface area contributed by atoms with Crippen molar-refractivity contribution >= 4 is 84.8 Å². The van der Waals surface area contributed by atoms with Gasteiger partial charge in [-0.15, -0.1) is 22.7 Å². The van der Waals surface area contributed by atoms with E-state index in [1.54, 1.807) is 0 Å². The number of thiophene rings is 2. The molecule has 4 nitrogen and oxygen atoms in total. The summed E-state index contributed by atoms with van der Waals surface area (Å²) >= 11 is 3.70. The molecule has 0 amide bonds. The smallest absolute Gasteiger partial charge is 0.165 e. The van der Waals surface area contributed by atoms with Crippen LogP contribution in [0.3, 0.4) is 0 Å². The summed E-state index contributed by atoms with van der Waals surface area (Å²) in [5, 5.41) is 7.53. The number of hydrogen-bond acceptors (Lipinski definition) is 5. The van der Waals surface area contributed by atoms with Crippen LogP contribution in [0.5, 0.6) is 0 Å². The van der Waals surface area contributed by atoms with Gasteiger partial charge in [-0.25, -0.2) is 15.0 Å². The summed E-state index contributed by atoms with van der Waals surface area (Å²) in [6, 6.07) is 64.7. The Kier molecular flexibility index (Phi) is 7.24. The van der Waals surface area contributed by atoms with Gasteiger partial charge in [0, 0.05) is 79.1 Å². The van der Waals surface area contributed by atoms with Crippen molar-refractivity contribution < 1.29 is 0 Å². The summed E-state index contributed by atoms with van der Waals surface area (Å²) in [6.45, 7) is 0. The van der Waals surface area contributed by atoms with Gasteiger partial charge in [-0.3, -0.25) is 0 Å². The lowest BCUT2D eigenvalue weighted by molar-refractivity contribution is 1.08. The third-order valence-corrected chi connectivity index (χ3v) is 13.4. The van der Waals surface area contributed by atoms with Gasteiger partial charge >= 0.3 is 0 Å². The summed E-state index contributed by atoms with van der Waals surface area (Å²) in [6.07, 6.45) is 0. The molecule has 8 aromatic carbocycles. The molecule has 266 valence electrons. The molecule has 0 N–H and O–H groups in total. The van der Waals surface area contributed by atoms with Crippen LogP contribution in [0.15, 0.2) is 182 Å². The molecule has 0 aliphatic rings. The lowest BCUT2D eigenvalue weighted by atomic mass is 9.96. The summed E-state index contributed by atoms with van der Waals surface area (Å²) < 4.78 is 7.44. The molecule has 4 aromatic heterocycles. The molecule has 12 aromatic rings. The first kappa shape index (κ1) is 32.3. The van der Waals surface area contributed by atoms with E-state index in [-0.39, 0.29) is 0 Å². The molecule has 0 unspecified atom stereocenters. The Hall–Kier alpha value is -6.99. The Labute approximate surface area is 335 Å². The Morgan fingerprint density at radius 3 is 1.74 bits per heavy atom. The maximum atomic E-state index is 5.30.